The molecule has 1 aliphatic carbocycles. The Morgan fingerprint density at radius 2 is 2.05 bits per heavy atom. The Bertz CT molecular complexity index is 599. The molecule has 0 aliphatic heterocycles. The Morgan fingerprint density at radius 1 is 1.40 bits per heavy atom. The number of sulfonamides is 1. The minimum Gasteiger partial charge on any atom is -0.354 e. The summed E-state index contributed by atoms with van der Waals surface area (Å²) in [5.41, 5.74) is -0.00401. The lowest BCUT2D eigenvalue weighted by Crippen LogP contribution is -2.39. The number of hydrogen-bond acceptors (Lipinski definition) is 3. The minimum atomic E-state index is -3.60. The van der Waals surface area contributed by atoms with E-state index in [0.29, 0.717) is 0 Å². The molecule has 7 heteroatoms. The second-order valence-electron chi connectivity index (χ2n) is 4.85. The molecule has 1 saturated carbocycles. The van der Waals surface area contributed by atoms with E-state index in [-0.39, 0.29) is 30.6 Å². The Labute approximate surface area is 117 Å². The molecule has 1 fully saturated rings. The van der Waals surface area contributed by atoms with Crippen LogP contribution >= 0.6 is 0 Å². The lowest BCUT2D eigenvalue weighted by Gasteiger charge is -2.22. The Kier molecular flexibility index (Phi) is 4.27. The smallest absolute Gasteiger partial charge is 0.232 e. The second-order valence-corrected chi connectivity index (χ2v) is 6.76. The fraction of sp³-hybridized carbons (Fsp3) is 0.462. The normalized spacial score (nSPS) is 14.9. The summed E-state index contributed by atoms with van der Waals surface area (Å²) in [7, 11) is -3.60. The van der Waals surface area contributed by atoms with Crippen molar-refractivity contribution in [2.75, 3.05) is 23.7 Å². The topological polar surface area (TPSA) is 66.5 Å². The monoisotopic (exact) mass is 300 g/mol. The van der Waals surface area contributed by atoms with Crippen molar-refractivity contribution in [3.8, 4) is 0 Å². The van der Waals surface area contributed by atoms with Gasteiger partial charge in [-0.25, -0.2) is 12.8 Å². The number of hydrogen-bond donors (Lipinski definition) is 1. The van der Waals surface area contributed by atoms with Crippen LogP contribution in [0, 0.1) is 11.7 Å². The van der Waals surface area contributed by atoms with E-state index in [4.69, 9.17) is 0 Å². The zero-order valence-corrected chi connectivity index (χ0v) is 12.0. The summed E-state index contributed by atoms with van der Waals surface area (Å²) in [6.45, 7) is 0.176. The largest absolute Gasteiger partial charge is 0.354 e. The van der Waals surface area contributed by atoms with Crippen LogP contribution in [0.3, 0.4) is 0 Å². The lowest BCUT2D eigenvalue weighted by molar-refractivity contribution is -0.122. The summed E-state index contributed by atoms with van der Waals surface area (Å²) in [6, 6.07) is 5.67. The summed E-state index contributed by atoms with van der Waals surface area (Å²) < 4.78 is 38.2. The third kappa shape index (κ3) is 3.69. The van der Waals surface area contributed by atoms with Crippen molar-refractivity contribution < 1.29 is 17.6 Å². The van der Waals surface area contributed by atoms with Gasteiger partial charge in [-0.2, -0.15) is 0 Å². The Hall–Kier alpha value is -1.63. The molecule has 20 heavy (non-hydrogen) atoms. The van der Waals surface area contributed by atoms with Gasteiger partial charge in [0.15, 0.2) is 0 Å². The summed E-state index contributed by atoms with van der Waals surface area (Å²) in [4.78, 5) is 11.5. The molecule has 1 aromatic rings. The maximum atomic E-state index is 13.7. The number of rotatable bonds is 6. The molecule has 0 saturated heterocycles. The van der Waals surface area contributed by atoms with Crippen molar-refractivity contribution in [3.05, 3.63) is 30.1 Å². The fourth-order valence-electron chi connectivity index (χ4n) is 1.89. The summed E-state index contributed by atoms with van der Waals surface area (Å²) in [6.07, 6.45) is 2.78. The maximum Gasteiger partial charge on any atom is 0.232 e. The lowest BCUT2D eigenvalue weighted by atomic mass is 10.3. The Morgan fingerprint density at radius 3 is 2.60 bits per heavy atom. The van der Waals surface area contributed by atoms with E-state index in [2.05, 4.69) is 5.32 Å². The first-order valence-electron chi connectivity index (χ1n) is 6.39. The molecule has 0 aromatic heterocycles. The zero-order chi connectivity index (χ0) is 14.8. The molecule has 5 nitrogen and oxygen atoms in total. The summed E-state index contributed by atoms with van der Waals surface area (Å²) >= 11 is 0. The van der Waals surface area contributed by atoms with Crippen LogP contribution in [-0.2, 0) is 14.8 Å². The van der Waals surface area contributed by atoms with Crippen LogP contribution < -0.4 is 9.62 Å². The van der Waals surface area contributed by atoms with Crippen LogP contribution in [-0.4, -0.2) is 33.7 Å². The number of nitrogens with one attached hydrogen (secondary N) is 1. The van der Waals surface area contributed by atoms with E-state index in [0.717, 1.165) is 23.4 Å². The van der Waals surface area contributed by atoms with E-state index < -0.39 is 15.8 Å². The van der Waals surface area contributed by atoms with Crippen molar-refractivity contribution in [1.29, 1.82) is 0 Å². The molecule has 1 N–H and O–H groups in total. The van der Waals surface area contributed by atoms with Gasteiger partial charge in [-0.05, 0) is 25.0 Å². The summed E-state index contributed by atoms with van der Waals surface area (Å²) in [5.74, 6) is -0.603. The molecule has 0 heterocycles. The van der Waals surface area contributed by atoms with Crippen molar-refractivity contribution in [1.82, 2.24) is 5.32 Å². The minimum absolute atomic E-state index is 0.00401. The van der Waals surface area contributed by atoms with Gasteiger partial charge in [0.05, 0.1) is 18.5 Å². The molecule has 0 atom stereocenters. The molecule has 0 radical (unpaired) electrons. The van der Waals surface area contributed by atoms with Crippen LogP contribution in [0.1, 0.15) is 12.8 Å². The molecular formula is C13H17FN2O3S. The highest BCUT2D eigenvalue weighted by Crippen LogP contribution is 2.28. The maximum absolute atomic E-state index is 13.7. The number of anilines is 1. The van der Waals surface area contributed by atoms with Crippen LogP contribution in [0.25, 0.3) is 0 Å². The third-order valence-electron chi connectivity index (χ3n) is 3.08. The molecule has 0 bridgehead atoms. The summed E-state index contributed by atoms with van der Waals surface area (Å²) in [5, 5.41) is 2.67. The van der Waals surface area contributed by atoms with Crippen LogP contribution in [0.2, 0.25) is 0 Å². The number of para-hydroxylation sites is 1. The molecular weight excluding hydrogens is 283 g/mol. The van der Waals surface area contributed by atoms with Crippen molar-refractivity contribution in [2.45, 2.75) is 12.8 Å². The number of halogens is 1. The average Bonchev–Trinajstić information content (AvgIpc) is 3.18. The van der Waals surface area contributed by atoms with E-state index in [1.54, 1.807) is 6.07 Å². The highest BCUT2D eigenvalue weighted by atomic mass is 32.2. The second kappa shape index (κ2) is 5.78. The number of nitrogens with zero attached hydrogens (tertiary/aromatic N) is 1. The zero-order valence-electron chi connectivity index (χ0n) is 11.2. The van der Waals surface area contributed by atoms with Crippen molar-refractivity contribution in [2.24, 2.45) is 5.92 Å². The van der Waals surface area contributed by atoms with Crippen LogP contribution in [0.15, 0.2) is 24.3 Å². The van der Waals surface area contributed by atoms with Crippen LogP contribution in [0.4, 0.5) is 10.1 Å². The first kappa shape index (κ1) is 14.8. The molecule has 1 aliphatic rings. The van der Waals surface area contributed by atoms with Gasteiger partial charge in [-0.15, -0.1) is 0 Å². The predicted molar refractivity (Wildman–Crippen MR) is 74.3 cm³/mol. The Balaban J connectivity index is 2.05. The fourth-order valence-corrected chi connectivity index (χ4v) is 2.82. The molecule has 110 valence electrons. The highest BCUT2D eigenvalue weighted by molar-refractivity contribution is 7.92. The first-order chi connectivity index (χ1) is 9.39. The van der Waals surface area contributed by atoms with Crippen LogP contribution in [0.5, 0.6) is 0 Å². The van der Waals surface area contributed by atoms with Gasteiger partial charge in [0.2, 0.25) is 15.9 Å². The molecule has 1 amide bonds. The van der Waals surface area contributed by atoms with Gasteiger partial charge in [0, 0.05) is 12.5 Å². The van der Waals surface area contributed by atoms with Gasteiger partial charge in [-0.3, -0.25) is 9.10 Å². The molecule has 0 unspecified atom stereocenters. The standard InChI is InChI=1S/C13H17FN2O3S/c1-20(18,19)16(12-5-3-2-4-11(12)14)9-8-15-13(17)10-6-7-10/h2-5,10H,6-9H2,1H3,(H,15,17). The predicted octanol–water partition coefficient (Wildman–Crippen LogP) is 1.12. The number of amides is 1. The van der Waals surface area contributed by atoms with Crippen molar-refractivity contribution >= 4 is 21.6 Å². The van der Waals surface area contributed by atoms with E-state index in [1.165, 1.54) is 18.2 Å². The quantitative estimate of drug-likeness (QED) is 0.856. The van der Waals surface area contributed by atoms with Crippen molar-refractivity contribution in [3.63, 3.8) is 0 Å². The van der Waals surface area contributed by atoms with Gasteiger partial charge in [0.25, 0.3) is 0 Å². The number of carbonyl (C=O) groups is 1. The van der Waals surface area contributed by atoms with Gasteiger partial charge < -0.3 is 5.32 Å². The number of benzene rings is 1. The average molecular weight is 300 g/mol. The van der Waals surface area contributed by atoms with E-state index >= 15 is 0 Å². The van der Waals surface area contributed by atoms with E-state index in [9.17, 15) is 17.6 Å². The van der Waals surface area contributed by atoms with Gasteiger partial charge >= 0.3 is 0 Å². The number of carbonyl (C=O) groups excluding carboxylic acids is 1. The van der Waals surface area contributed by atoms with Gasteiger partial charge in [0.1, 0.15) is 5.82 Å². The SMILES string of the molecule is CS(=O)(=O)N(CCNC(=O)C1CC1)c1ccccc1F. The third-order valence-corrected chi connectivity index (χ3v) is 4.26. The molecule has 1 aromatic carbocycles. The van der Waals surface area contributed by atoms with E-state index in [1.807, 2.05) is 0 Å². The first-order valence-corrected chi connectivity index (χ1v) is 8.24. The molecule has 2 rings (SSSR count). The van der Waals surface area contributed by atoms with Gasteiger partial charge in [-0.1, -0.05) is 12.1 Å². The highest BCUT2D eigenvalue weighted by Gasteiger charge is 2.29. The molecule has 0 spiro atoms.